The quantitative estimate of drug-likeness (QED) is 0.894. The summed E-state index contributed by atoms with van der Waals surface area (Å²) < 4.78 is 5.82. The molecule has 0 aliphatic carbocycles. The second-order valence-corrected chi connectivity index (χ2v) is 7.81. The van der Waals surface area contributed by atoms with E-state index in [0.717, 1.165) is 49.3 Å². The van der Waals surface area contributed by atoms with Crippen molar-refractivity contribution in [2.75, 3.05) is 13.1 Å². The Morgan fingerprint density at radius 2 is 1.88 bits per heavy atom. The summed E-state index contributed by atoms with van der Waals surface area (Å²) in [4.78, 5) is 30.8. The van der Waals surface area contributed by atoms with Gasteiger partial charge in [0.2, 0.25) is 5.91 Å². The molecule has 2 fully saturated rings. The summed E-state index contributed by atoms with van der Waals surface area (Å²) in [7, 11) is 0. The van der Waals surface area contributed by atoms with Crippen molar-refractivity contribution < 1.29 is 14.3 Å². The van der Waals surface area contributed by atoms with E-state index in [0.29, 0.717) is 12.3 Å². The molecule has 0 bridgehead atoms. The third-order valence-corrected chi connectivity index (χ3v) is 5.56. The molecule has 2 atom stereocenters. The van der Waals surface area contributed by atoms with E-state index in [1.165, 1.54) is 0 Å². The number of amides is 2. The van der Waals surface area contributed by atoms with Crippen molar-refractivity contribution in [2.24, 2.45) is 11.7 Å². The maximum Gasteiger partial charge on any atom is 0.255 e. The van der Waals surface area contributed by atoms with E-state index >= 15 is 0 Å². The smallest absolute Gasteiger partial charge is 0.255 e. The van der Waals surface area contributed by atoms with Crippen molar-refractivity contribution in [1.29, 1.82) is 0 Å². The molecule has 2 amide bonds. The molecule has 2 saturated heterocycles. The highest BCUT2D eigenvalue weighted by Gasteiger charge is 2.36. The molecule has 0 spiro atoms. The Kier molecular flexibility index (Phi) is 5.61. The monoisotopic (exact) mass is 359 g/mol. The van der Waals surface area contributed by atoms with Gasteiger partial charge in [-0.25, -0.2) is 0 Å². The molecule has 0 radical (unpaired) electrons. The van der Waals surface area contributed by atoms with Crippen LogP contribution in [0.4, 0.5) is 0 Å². The van der Waals surface area contributed by atoms with Gasteiger partial charge in [0, 0.05) is 18.8 Å². The molecule has 2 N–H and O–H groups in total. The van der Waals surface area contributed by atoms with Crippen LogP contribution in [-0.4, -0.2) is 47.0 Å². The van der Waals surface area contributed by atoms with Gasteiger partial charge >= 0.3 is 0 Å². The van der Waals surface area contributed by atoms with Crippen molar-refractivity contribution in [2.45, 2.75) is 64.6 Å². The zero-order valence-corrected chi connectivity index (χ0v) is 15.9. The zero-order chi connectivity index (χ0) is 18.8. The van der Waals surface area contributed by atoms with Crippen molar-refractivity contribution in [3.8, 4) is 0 Å². The Hall–Kier alpha value is -1.95. The largest absolute Gasteiger partial charge is 0.367 e. The fraction of sp³-hybridized carbons (Fsp3) is 0.650. The molecule has 3 rings (SSSR count). The Morgan fingerprint density at radius 1 is 1.19 bits per heavy atom. The number of aromatic nitrogens is 1. The van der Waals surface area contributed by atoms with Crippen LogP contribution in [0.2, 0.25) is 0 Å². The average molecular weight is 359 g/mol. The molecule has 2 aliphatic heterocycles. The van der Waals surface area contributed by atoms with E-state index in [-0.39, 0.29) is 23.8 Å². The van der Waals surface area contributed by atoms with Crippen LogP contribution in [0.25, 0.3) is 0 Å². The number of carbonyl (C=O) groups excluding carboxylic acids is 2. The summed E-state index contributed by atoms with van der Waals surface area (Å²) in [6.07, 6.45) is 3.05. The van der Waals surface area contributed by atoms with Crippen molar-refractivity contribution in [1.82, 2.24) is 9.88 Å². The first-order chi connectivity index (χ1) is 12.4. The first-order valence-corrected chi connectivity index (χ1v) is 9.58. The van der Waals surface area contributed by atoms with Gasteiger partial charge in [-0.1, -0.05) is 13.8 Å². The van der Waals surface area contributed by atoms with E-state index < -0.39 is 6.10 Å². The van der Waals surface area contributed by atoms with Crippen molar-refractivity contribution in [3.05, 3.63) is 29.1 Å². The number of primary amides is 1. The van der Waals surface area contributed by atoms with E-state index in [9.17, 15) is 9.59 Å². The molecule has 0 saturated carbocycles. The number of pyridine rings is 1. The van der Waals surface area contributed by atoms with Crippen LogP contribution in [0.5, 0.6) is 0 Å². The number of ether oxygens (including phenoxy) is 1. The summed E-state index contributed by atoms with van der Waals surface area (Å²) in [5, 5.41) is 0. The van der Waals surface area contributed by atoms with Gasteiger partial charge in [0.05, 0.1) is 17.4 Å². The summed E-state index contributed by atoms with van der Waals surface area (Å²) in [5.41, 5.74) is 7.87. The first kappa shape index (κ1) is 18.8. The van der Waals surface area contributed by atoms with E-state index in [1.54, 1.807) is 0 Å². The van der Waals surface area contributed by atoms with Crippen molar-refractivity contribution >= 4 is 11.8 Å². The summed E-state index contributed by atoms with van der Waals surface area (Å²) in [6, 6.07) is 3.81. The molecule has 0 aromatic carbocycles. The van der Waals surface area contributed by atoms with Gasteiger partial charge < -0.3 is 15.4 Å². The predicted octanol–water partition coefficient (Wildman–Crippen LogP) is 2.40. The topological polar surface area (TPSA) is 85.5 Å². The van der Waals surface area contributed by atoms with Gasteiger partial charge in [0.25, 0.3) is 5.91 Å². The molecule has 6 nitrogen and oxygen atoms in total. The number of rotatable bonds is 4. The molecule has 142 valence electrons. The number of aryl methyl sites for hydroxylation is 1. The number of carbonyl (C=O) groups is 2. The average Bonchev–Trinajstić information content (AvgIpc) is 3.11. The molecular formula is C20H29N3O3. The minimum atomic E-state index is -0.438. The Bertz CT molecular complexity index is 681. The minimum absolute atomic E-state index is 0.0713. The van der Waals surface area contributed by atoms with Crippen molar-refractivity contribution in [3.63, 3.8) is 0 Å². The summed E-state index contributed by atoms with van der Waals surface area (Å²) in [6.45, 7) is 7.52. The van der Waals surface area contributed by atoms with Gasteiger partial charge in [-0.15, -0.1) is 0 Å². The Labute approximate surface area is 155 Å². The summed E-state index contributed by atoms with van der Waals surface area (Å²) >= 11 is 0. The van der Waals surface area contributed by atoms with Crippen LogP contribution in [0.1, 0.15) is 67.2 Å². The van der Waals surface area contributed by atoms with E-state index in [1.807, 2.05) is 24.0 Å². The third-order valence-electron chi connectivity index (χ3n) is 5.56. The van der Waals surface area contributed by atoms with Gasteiger partial charge in [0.1, 0.15) is 6.10 Å². The molecule has 26 heavy (non-hydrogen) atoms. The van der Waals surface area contributed by atoms with Crippen LogP contribution >= 0.6 is 0 Å². The predicted molar refractivity (Wildman–Crippen MR) is 98.8 cm³/mol. The van der Waals surface area contributed by atoms with Crippen LogP contribution in [0.15, 0.2) is 12.1 Å². The second kappa shape index (κ2) is 7.74. The lowest BCUT2D eigenvalue weighted by molar-refractivity contribution is -0.130. The molecule has 1 aromatic rings. The second-order valence-electron chi connectivity index (χ2n) is 7.81. The highest BCUT2D eigenvalue weighted by atomic mass is 16.5. The normalized spacial score (nSPS) is 24.2. The van der Waals surface area contributed by atoms with Crippen LogP contribution in [-0.2, 0) is 9.53 Å². The maximum absolute atomic E-state index is 13.0. The number of hydrogen-bond acceptors (Lipinski definition) is 4. The van der Waals surface area contributed by atoms with Gasteiger partial charge in [-0.05, 0) is 56.6 Å². The molecule has 0 unspecified atom stereocenters. The van der Waals surface area contributed by atoms with Crippen LogP contribution in [0, 0.1) is 12.8 Å². The van der Waals surface area contributed by atoms with Gasteiger partial charge in [-0.3, -0.25) is 14.6 Å². The highest BCUT2D eigenvalue weighted by Crippen LogP contribution is 2.32. The fourth-order valence-electron chi connectivity index (χ4n) is 4.06. The molecular weight excluding hydrogens is 330 g/mol. The number of hydrogen-bond donors (Lipinski definition) is 1. The first-order valence-electron chi connectivity index (χ1n) is 9.58. The zero-order valence-electron chi connectivity index (χ0n) is 15.9. The number of nitrogens with zero attached hydrogens (tertiary/aromatic N) is 2. The number of nitrogens with two attached hydrogens (primary N) is 1. The number of piperidine rings is 1. The Morgan fingerprint density at radius 3 is 2.46 bits per heavy atom. The lowest BCUT2D eigenvalue weighted by Gasteiger charge is -2.35. The van der Waals surface area contributed by atoms with E-state index in [2.05, 4.69) is 18.8 Å². The number of likely N-dealkylation sites (tertiary alicyclic amines) is 1. The SMILES string of the molecule is Cc1ccc(C(=O)N2CCC([C@@H]3CC[C@H](C(N)=O)O3)CC2)c(C(C)C)n1. The standard InChI is InChI=1S/C20H29N3O3/c1-12(2)18-15(5-4-13(3)22-18)20(25)23-10-8-14(9-11-23)16-6-7-17(26-16)19(21)24/h4-5,12,14,16-17H,6-11H2,1-3H3,(H2,21,24)/t16-,17+/m0/s1. The van der Waals surface area contributed by atoms with Crippen LogP contribution < -0.4 is 5.73 Å². The lowest BCUT2D eigenvalue weighted by Crippen LogP contribution is -2.42. The summed E-state index contributed by atoms with van der Waals surface area (Å²) in [5.74, 6) is 0.309. The highest BCUT2D eigenvalue weighted by molar-refractivity contribution is 5.95. The third kappa shape index (κ3) is 3.90. The Balaban J connectivity index is 1.62. The fourth-order valence-corrected chi connectivity index (χ4v) is 4.06. The maximum atomic E-state index is 13.0. The van der Waals surface area contributed by atoms with Crippen LogP contribution in [0.3, 0.4) is 0 Å². The van der Waals surface area contributed by atoms with Gasteiger partial charge in [-0.2, -0.15) is 0 Å². The van der Waals surface area contributed by atoms with E-state index in [4.69, 9.17) is 10.5 Å². The van der Waals surface area contributed by atoms with Gasteiger partial charge in [0.15, 0.2) is 0 Å². The molecule has 2 aliphatic rings. The lowest BCUT2D eigenvalue weighted by atomic mass is 9.89. The molecule has 1 aromatic heterocycles. The minimum Gasteiger partial charge on any atom is -0.367 e. The molecule has 6 heteroatoms. The molecule has 3 heterocycles.